The highest BCUT2D eigenvalue weighted by Gasteiger charge is 2.15. The van der Waals surface area contributed by atoms with Crippen LogP contribution in [0.2, 0.25) is 0 Å². The summed E-state index contributed by atoms with van der Waals surface area (Å²) < 4.78 is 4.55. The van der Waals surface area contributed by atoms with Crippen LogP contribution in [0.1, 0.15) is 19.3 Å². The first kappa shape index (κ1) is 11.5. The lowest BCUT2D eigenvalue weighted by Crippen LogP contribution is -2.22. The SMILES string of the molecule is COC(=O)CCCC1=c2ccccc2=NC1=O. The Labute approximate surface area is 98.6 Å². The molecule has 0 bridgehead atoms. The fourth-order valence-corrected chi connectivity index (χ4v) is 1.87. The second-order valence-corrected chi connectivity index (χ2v) is 3.84. The van der Waals surface area contributed by atoms with Crippen molar-refractivity contribution in [2.45, 2.75) is 19.3 Å². The van der Waals surface area contributed by atoms with Gasteiger partial charge in [0.15, 0.2) is 0 Å². The van der Waals surface area contributed by atoms with Crippen molar-refractivity contribution in [1.29, 1.82) is 0 Å². The Morgan fingerprint density at radius 2 is 2.12 bits per heavy atom. The van der Waals surface area contributed by atoms with E-state index < -0.39 is 0 Å². The third-order valence-electron chi connectivity index (χ3n) is 2.74. The number of carbonyl (C=O) groups is 2. The first-order chi connectivity index (χ1) is 8.22. The molecular weight excluding hydrogens is 218 g/mol. The number of rotatable bonds is 4. The van der Waals surface area contributed by atoms with Gasteiger partial charge in [-0.05, 0) is 18.9 Å². The average molecular weight is 231 g/mol. The minimum atomic E-state index is -0.249. The number of benzene rings is 1. The normalized spacial score (nSPS) is 13.2. The molecule has 0 spiro atoms. The summed E-state index contributed by atoms with van der Waals surface area (Å²) in [6.45, 7) is 0. The van der Waals surface area contributed by atoms with E-state index in [9.17, 15) is 9.59 Å². The monoisotopic (exact) mass is 231 g/mol. The van der Waals surface area contributed by atoms with Crippen molar-refractivity contribution in [3.8, 4) is 0 Å². The molecule has 1 aromatic rings. The smallest absolute Gasteiger partial charge is 0.305 e. The van der Waals surface area contributed by atoms with Crippen LogP contribution in [0.5, 0.6) is 0 Å². The molecule has 0 aliphatic carbocycles. The maximum Gasteiger partial charge on any atom is 0.305 e. The molecule has 0 N–H and O–H groups in total. The molecule has 88 valence electrons. The maximum absolute atomic E-state index is 11.7. The average Bonchev–Trinajstić information content (AvgIpc) is 2.66. The first-order valence-corrected chi connectivity index (χ1v) is 5.50. The largest absolute Gasteiger partial charge is 0.469 e. The van der Waals surface area contributed by atoms with Crippen LogP contribution in [0, 0.1) is 0 Å². The van der Waals surface area contributed by atoms with Crippen molar-refractivity contribution >= 4 is 17.4 Å². The lowest BCUT2D eigenvalue weighted by Gasteiger charge is -1.99. The van der Waals surface area contributed by atoms with Crippen LogP contribution in [0.4, 0.5) is 0 Å². The van der Waals surface area contributed by atoms with Crippen LogP contribution < -0.4 is 10.6 Å². The van der Waals surface area contributed by atoms with E-state index in [4.69, 9.17) is 0 Å². The summed E-state index contributed by atoms with van der Waals surface area (Å²) in [4.78, 5) is 26.6. The fourth-order valence-electron chi connectivity index (χ4n) is 1.87. The van der Waals surface area contributed by atoms with Gasteiger partial charge in [0.1, 0.15) is 0 Å². The summed E-state index contributed by atoms with van der Waals surface area (Å²) in [5.41, 5.74) is 0.699. The number of hydrogen-bond donors (Lipinski definition) is 0. The third-order valence-corrected chi connectivity index (χ3v) is 2.74. The van der Waals surface area contributed by atoms with Gasteiger partial charge in [-0.25, -0.2) is 4.99 Å². The molecule has 0 fully saturated rings. The van der Waals surface area contributed by atoms with Gasteiger partial charge in [-0.1, -0.05) is 18.2 Å². The summed E-state index contributed by atoms with van der Waals surface area (Å²) in [5.74, 6) is -0.433. The standard InChI is InChI=1S/C13H13NO3/c1-17-12(15)8-4-6-10-9-5-2-3-7-11(9)14-13(10)16/h2-3,5,7H,4,6,8H2,1H3. The molecule has 0 aromatic heterocycles. The van der Waals surface area contributed by atoms with Crippen molar-refractivity contribution in [3.63, 3.8) is 0 Å². The van der Waals surface area contributed by atoms with E-state index in [1.54, 1.807) is 0 Å². The highest BCUT2D eigenvalue weighted by atomic mass is 16.5. The zero-order chi connectivity index (χ0) is 12.3. The number of hydrogen-bond acceptors (Lipinski definition) is 3. The number of ether oxygens (including phenoxy) is 1. The Hall–Kier alpha value is -1.97. The van der Waals surface area contributed by atoms with E-state index in [1.165, 1.54) is 7.11 Å². The molecule has 1 amide bonds. The van der Waals surface area contributed by atoms with Crippen molar-refractivity contribution in [2.75, 3.05) is 7.11 Å². The van der Waals surface area contributed by atoms with Crippen LogP contribution in [0.25, 0.3) is 5.57 Å². The van der Waals surface area contributed by atoms with E-state index >= 15 is 0 Å². The minimum absolute atomic E-state index is 0.184. The third kappa shape index (κ3) is 2.41. The van der Waals surface area contributed by atoms with E-state index in [0.29, 0.717) is 24.8 Å². The molecule has 0 atom stereocenters. The van der Waals surface area contributed by atoms with Gasteiger partial charge < -0.3 is 4.74 Å². The summed E-state index contributed by atoms with van der Waals surface area (Å²) in [5, 5.41) is 1.62. The number of methoxy groups -OCH3 is 1. The molecule has 17 heavy (non-hydrogen) atoms. The van der Waals surface area contributed by atoms with Gasteiger partial charge in [0, 0.05) is 17.2 Å². The van der Waals surface area contributed by atoms with Gasteiger partial charge in [-0.3, -0.25) is 9.59 Å². The summed E-state index contributed by atoms with van der Waals surface area (Å²) >= 11 is 0. The predicted octanol–water partition coefficient (Wildman–Crippen LogP) is 0.340. The lowest BCUT2D eigenvalue weighted by molar-refractivity contribution is -0.140. The highest BCUT2D eigenvalue weighted by Crippen LogP contribution is 2.11. The van der Waals surface area contributed by atoms with Crippen molar-refractivity contribution in [2.24, 2.45) is 4.99 Å². The highest BCUT2D eigenvalue weighted by molar-refractivity contribution is 6.15. The molecule has 0 radical (unpaired) electrons. The number of fused-ring (bicyclic) bond motifs is 1. The number of esters is 1. The maximum atomic E-state index is 11.7. The van der Waals surface area contributed by atoms with Gasteiger partial charge in [0.2, 0.25) is 0 Å². The van der Waals surface area contributed by atoms with Crippen molar-refractivity contribution < 1.29 is 14.3 Å². The van der Waals surface area contributed by atoms with Crippen LogP contribution in [-0.2, 0) is 14.3 Å². The van der Waals surface area contributed by atoms with Crippen molar-refractivity contribution in [1.82, 2.24) is 0 Å². The van der Waals surface area contributed by atoms with Gasteiger partial charge in [0.05, 0.1) is 12.5 Å². The van der Waals surface area contributed by atoms with Crippen molar-refractivity contribution in [3.05, 3.63) is 34.8 Å². The summed E-state index contributed by atoms with van der Waals surface area (Å²) in [6.07, 6.45) is 1.50. The Balaban J connectivity index is 2.15. The molecule has 0 unspecified atom stereocenters. The molecule has 4 heteroatoms. The van der Waals surface area contributed by atoms with Crippen LogP contribution in [0.3, 0.4) is 0 Å². The second kappa shape index (κ2) is 4.91. The number of carbonyl (C=O) groups excluding carboxylic acids is 2. The number of nitrogens with zero attached hydrogens (tertiary/aromatic N) is 1. The molecule has 1 heterocycles. The Kier molecular flexibility index (Phi) is 3.32. The molecular formula is C13H13NO3. The van der Waals surface area contributed by atoms with Crippen LogP contribution in [0.15, 0.2) is 29.3 Å². The topological polar surface area (TPSA) is 55.7 Å². The molecule has 4 nitrogen and oxygen atoms in total. The lowest BCUT2D eigenvalue weighted by atomic mass is 10.1. The molecule has 1 aromatic carbocycles. The molecule has 0 saturated carbocycles. The molecule has 1 aliphatic heterocycles. The van der Waals surface area contributed by atoms with Crippen LogP contribution >= 0.6 is 0 Å². The summed E-state index contributed by atoms with van der Waals surface area (Å²) in [6, 6.07) is 7.44. The molecule has 0 saturated heterocycles. The van der Waals surface area contributed by atoms with Gasteiger partial charge >= 0.3 is 5.97 Å². The summed E-state index contributed by atoms with van der Waals surface area (Å²) in [7, 11) is 1.36. The first-order valence-electron chi connectivity index (χ1n) is 5.50. The number of amides is 1. The second-order valence-electron chi connectivity index (χ2n) is 3.84. The Morgan fingerprint density at radius 3 is 2.88 bits per heavy atom. The quantitative estimate of drug-likeness (QED) is 0.702. The van der Waals surface area contributed by atoms with E-state index in [1.807, 2.05) is 24.3 Å². The van der Waals surface area contributed by atoms with Gasteiger partial charge in [0.25, 0.3) is 5.91 Å². The molecule has 1 aliphatic rings. The fraction of sp³-hybridized carbons (Fsp3) is 0.308. The van der Waals surface area contributed by atoms with E-state index in [-0.39, 0.29) is 11.9 Å². The zero-order valence-corrected chi connectivity index (χ0v) is 9.60. The van der Waals surface area contributed by atoms with Gasteiger partial charge in [-0.15, -0.1) is 0 Å². The van der Waals surface area contributed by atoms with Gasteiger partial charge in [-0.2, -0.15) is 0 Å². The van der Waals surface area contributed by atoms with E-state index in [2.05, 4.69) is 9.73 Å². The Morgan fingerprint density at radius 1 is 1.35 bits per heavy atom. The van der Waals surface area contributed by atoms with E-state index in [0.717, 1.165) is 10.6 Å². The molecule has 2 rings (SSSR count). The van der Waals surface area contributed by atoms with Crippen LogP contribution in [-0.4, -0.2) is 19.0 Å². The predicted molar refractivity (Wildman–Crippen MR) is 61.5 cm³/mol. The number of para-hydroxylation sites is 1. The zero-order valence-electron chi connectivity index (χ0n) is 9.60. The Bertz CT molecular complexity index is 575. The minimum Gasteiger partial charge on any atom is -0.469 e.